The average Bonchev–Trinajstić information content (AvgIpc) is 2.34. The van der Waals surface area contributed by atoms with Crippen LogP contribution in [0.15, 0.2) is 12.4 Å². The van der Waals surface area contributed by atoms with Crippen molar-refractivity contribution >= 4 is 11.6 Å². The van der Waals surface area contributed by atoms with Crippen LogP contribution >= 0.6 is 0 Å². The zero-order valence-corrected chi connectivity index (χ0v) is 9.48. The molecule has 0 amide bonds. The van der Waals surface area contributed by atoms with Gasteiger partial charge >= 0.3 is 0 Å². The molecule has 0 fully saturated rings. The van der Waals surface area contributed by atoms with Crippen LogP contribution in [-0.4, -0.2) is 28.2 Å². The third kappa shape index (κ3) is 4.41. The monoisotopic (exact) mass is 225 g/mol. The fourth-order valence-corrected chi connectivity index (χ4v) is 1.28. The largest absolute Gasteiger partial charge is 0.396 e. The zero-order valence-electron chi connectivity index (χ0n) is 9.48. The predicted molar refractivity (Wildman–Crippen MR) is 63.8 cm³/mol. The van der Waals surface area contributed by atoms with E-state index in [9.17, 15) is 0 Å². The Hall–Kier alpha value is -1.40. The zero-order chi connectivity index (χ0) is 11.8. The Bertz CT molecular complexity index is 307. The molecule has 1 atom stereocenters. The molecule has 0 radical (unpaired) electrons. The van der Waals surface area contributed by atoms with E-state index in [2.05, 4.69) is 20.7 Å². The summed E-state index contributed by atoms with van der Waals surface area (Å²) in [4.78, 5) is 8.15. The minimum Gasteiger partial charge on any atom is -0.396 e. The van der Waals surface area contributed by atoms with E-state index in [1.807, 2.05) is 6.92 Å². The SMILES string of the molecule is CC(CO)CCCNc1cncc(NN)n1. The summed E-state index contributed by atoms with van der Waals surface area (Å²) in [5.74, 6) is 6.81. The molecule has 1 aromatic rings. The summed E-state index contributed by atoms with van der Waals surface area (Å²) in [6, 6.07) is 0. The van der Waals surface area contributed by atoms with E-state index >= 15 is 0 Å². The minimum absolute atomic E-state index is 0.242. The van der Waals surface area contributed by atoms with Gasteiger partial charge in [0.25, 0.3) is 0 Å². The number of nitrogens with one attached hydrogen (secondary N) is 2. The number of aliphatic hydroxyl groups excluding tert-OH is 1. The topological polar surface area (TPSA) is 96.1 Å². The predicted octanol–water partition coefficient (Wildman–Crippen LogP) is 0.583. The summed E-state index contributed by atoms with van der Waals surface area (Å²) in [5, 5.41) is 12.0. The van der Waals surface area contributed by atoms with Crippen molar-refractivity contribution in [1.29, 1.82) is 0 Å². The van der Waals surface area contributed by atoms with Crippen LogP contribution in [0.25, 0.3) is 0 Å². The van der Waals surface area contributed by atoms with Crippen LogP contribution in [0.4, 0.5) is 11.6 Å². The third-order valence-corrected chi connectivity index (χ3v) is 2.27. The van der Waals surface area contributed by atoms with Gasteiger partial charge < -0.3 is 15.8 Å². The molecule has 0 bridgehead atoms. The first-order valence-corrected chi connectivity index (χ1v) is 5.39. The summed E-state index contributed by atoms with van der Waals surface area (Å²) in [5.41, 5.74) is 2.44. The van der Waals surface area contributed by atoms with Gasteiger partial charge in [0.15, 0.2) is 5.82 Å². The van der Waals surface area contributed by atoms with Crippen molar-refractivity contribution < 1.29 is 5.11 Å². The van der Waals surface area contributed by atoms with Gasteiger partial charge in [-0.2, -0.15) is 0 Å². The molecule has 6 heteroatoms. The summed E-state index contributed by atoms with van der Waals surface area (Å²) >= 11 is 0. The molecule has 0 saturated carbocycles. The van der Waals surface area contributed by atoms with Gasteiger partial charge in [0, 0.05) is 13.2 Å². The summed E-state index contributed by atoms with van der Waals surface area (Å²) < 4.78 is 0. The molecule has 0 saturated heterocycles. The second-order valence-electron chi connectivity index (χ2n) is 3.79. The molecule has 0 spiro atoms. The van der Waals surface area contributed by atoms with Gasteiger partial charge in [-0.05, 0) is 18.8 Å². The highest BCUT2D eigenvalue weighted by Crippen LogP contribution is 2.07. The molecule has 0 aliphatic heterocycles. The van der Waals surface area contributed by atoms with E-state index in [4.69, 9.17) is 10.9 Å². The second-order valence-corrected chi connectivity index (χ2v) is 3.79. The van der Waals surface area contributed by atoms with Crippen molar-refractivity contribution in [2.24, 2.45) is 11.8 Å². The fraction of sp³-hybridized carbons (Fsp3) is 0.600. The molecule has 1 unspecified atom stereocenters. The van der Waals surface area contributed by atoms with Gasteiger partial charge in [0.1, 0.15) is 5.82 Å². The maximum atomic E-state index is 8.85. The summed E-state index contributed by atoms with van der Waals surface area (Å²) in [6.07, 6.45) is 5.19. The second kappa shape index (κ2) is 6.97. The Morgan fingerprint density at radius 2 is 2.19 bits per heavy atom. The molecule has 16 heavy (non-hydrogen) atoms. The standard InChI is InChI=1S/C10H19N5O/c1-8(7-16)3-2-4-13-9-5-12-6-10(14-9)15-11/h5-6,8,16H,2-4,7,11H2,1H3,(H2,13,14,15). The number of anilines is 2. The van der Waals surface area contributed by atoms with E-state index in [0.717, 1.165) is 19.4 Å². The van der Waals surface area contributed by atoms with Gasteiger partial charge in [-0.1, -0.05) is 6.92 Å². The number of hydrazine groups is 1. The molecule has 1 heterocycles. The molecular weight excluding hydrogens is 206 g/mol. The van der Waals surface area contributed by atoms with E-state index in [-0.39, 0.29) is 6.61 Å². The highest BCUT2D eigenvalue weighted by molar-refractivity contribution is 5.40. The van der Waals surface area contributed by atoms with Gasteiger partial charge in [-0.15, -0.1) is 0 Å². The number of hydrogen-bond acceptors (Lipinski definition) is 6. The van der Waals surface area contributed by atoms with Crippen molar-refractivity contribution in [2.75, 3.05) is 23.9 Å². The van der Waals surface area contributed by atoms with E-state index in [1.165, 1.54) is 0 Å². The first kappa shape index (κ1) is 12.7. The molecule has 90 valence electrons. The molecule has 5 N–H and O–H groups in total. The summed E-state index contributed by atoms with van der Waals surface area (Å²) in [6.45, 7) is 3.08. The lowest BCUT2D eigenvalue weighted by Gasteiger charge is -2.09. The van der Waals surface area contributed by atoms with Crippen LogP contribution in [0.2, 0.25) is 0 Å². The lowest BCUT2D eigenvalue weighted by Crippen LogP contribution is -2.11. The molecule has 1 aromatic heterocycles. The normalized spacial score (nSPS) is 12.2. The first-order valence-electron chi connectivity index (χ1n) is 5.39. The smallest absolute Gasteiger partial charge is 0.160 e. The van der Waals surface area contributed by atoms with Crippen LogP contribution in [0.5, 0.6) is 0 Å². The van der Waals surface area contributed by atoms with Gasteiger partial charge in [0.2, 0.25) is 0 Å². The Morgan fingerprint density at radius 1 is 1.44 bits per heavy atom. The first-order chi connectivity index (χ1) is 7.76. The van der Waals surface area contributed by atoms with Crippen LogP contribution < -0.4 is 16.6 Å². The Labute approximate surface area is 95.3 Å². The molecule has 0 aliphatic carbocycles. The Kier molecular flexibility index (Phi) is 5.52. The molecule has 0 aliphatic rings. The average molecular weight is 225 g/mol. The maximum Gasteiger partial charge on any atom is 0.160 e. The highest BCUT2D eigenvalue weighted by atomic mass is 16.3. The number of aromatic nitrogens is 2. The van der Waals surface area contributed by atoms with Crippen LogP contribution in [-0.2, 0) is 0 Å². The van der Waals surface area contributed by atoms with Crippen molar-refractivity contribution in [1.82, 2.24) is 9.97 Å². The molecule has 0 aromatic carbocycles. The van der Waals surface area contributed by atoms with Gasteiger partial charge in [0.05, 0.1) is 12.4 Å². The highest BCUT2D eigenvalue weighted by Gasteiger charge is 2.00. The number of aliphatic hydroxyl groups is 1. The fourth-order valence-electron chi connectivity index (χ4n) is 1.28. The van der Waals surface area contributed by atoms with Crippen molar-refractivity contribution in [3.8, 4) is 0 Å². The quantitative estimate of drug-likeness (QED) is 0.308. The Balaban J connectivity index is 2.26. The van der Waals surface area contributed by atoms with Crippen molar-refractivity contribution in [3.05, 3.63) is 12.4 Å². The number of nitrogens with zero attached hydrogens (tertiary/aromatic N) is 2. The maximum absolute atomic E-state index is 8.85. The number of hydrogen-bond donors (Lipinski definition) is 4. The minimum atomic E-state index is 0.242. The van der Waals surface area contributed by atoms with E-state index in [0.29, 0.717) is 17.6 Å². The third-order valence-electron chi connectivity index (χ3n) is 2.27. The Morgan fingerprint density at radius 3 is 2.88 bits per heavy atom. The van der Waals surface area contributed by atoms with Gasteiger partial charge in [-0.3, -0.25) is 4.98 Å². The lowest BCUT2D eigenvalue weighted by atomic mass is 10.1. The van der Waals surface area contributed by atoms with Crippen LogP contribution in [0.1, 0.15) is 19.8 Å². The van der Waals surface area contributed by atoms with Crippen molar-refractivity contribution in [2.45, 2.75) is 19.8 Å². The van der Waals surface area contributed by atoms with Crippen LogP contribution in [0, 0.1) is 5.92 Å². The molecule has 1 rings (SSSR count). The van der Waals surface area contributed by atoms with E-state index in [1.54, 1.807) is 12.4 Å². The number of rotatable bonds is 7. The van der Waals surface area contributed by atoms with Crippen LogP contribution in [0.3, 0.4) is 0 Å². The lowest BCUT2D eigenvalue weighted by molar-refractivity contribution is 0.229. The van der Waals surface area contributed by atoms with Gasteiger partial charge in [-0.25, -0.2) is 10.8 Å². The molecule has 6 nitrogen and oxygen atoms in total. The van der Waals surface area contributed by atoms with E-state index < -0.39 is 0 Å². The number of nitrogens with two attached hydrogens (primary N) is 1. The number of nitrogen functional groups attached to an aromatic ring is 1. The molecular formula is C10H19N5O. The summed E-state index contributed by atoms with van der Waals surface area (Å²) in [7, 11) is 0. The van der Waals surface area contributed by atoms with Crippen molar-refractivity contribution in [3.63, 3.8) is 0 Å².